The molecule has 1 amide bonds. The number of aliphatic hydroxyl groups is 1. The van der Waals surface area contributed by atoms with Crippen LogP contribution in [0.5, 0.6) is 5.75 Å². The monoisotopic (exact) mass is 345 g/mol. The van der Waals surface area contributed by atoms with Gasteiger partial charge in [0.15, 0.2) is 0 Å². The van der Waals surface area contributed by atoms with Gasteiger partial charge in [0.25, 0.3) is 5.91 Å². The van der Waals surface area contributed by atoms with Gasteiger partial charge in [-0.15, -0.1) is 0 Å². The fourth-order valence-electron chi connectivity index (χ4n) is 2.00. The number of phenolic OH excluding ortho intramolecular Hbond substituents is 1. The lowest BCUT2D eigenvalue weighted by atomic mass is 10.1. The highest BCUT2D eigenvalue weighted by Gasteiger charge is 2.22. The first kappa shape index (κ1) is 14.4. The van der Waals surface area contributed by atoms with Gasteiger partial charge in [0.2, 0.25) is 0 Å². The van der Waals surface area contributed by atoms with Crippen LogP contribution in [0.15, 0.2) is 28.8 Å². The van der Waals surface area contributed by atoms with Gasteiger partial charge in [0.1, 0.15) is 5.75 Å². The van der Waals surface area contributed by atoms with Crippen LogP contribution in [0.2, 0.25) is 5.02 Å². The molecule has 0 aromatic heterocycles. The average Bonchev–Trinajstić information content (AvgIpc) is 2.81. The summed E-state index contributed by atoms with van der Waals surface area (Å²) in [6.45, 7) is 0.0663. The zero-order valence-corrected chi connectivity index (χ0v) is 12.3. The Morgan fingerprint density at radius 2 is 2.21 bits per heavy atom. The number of carbonyl (C=O) groups excluding carboxylic acids is 1. The zero-order chi connectivity index (χ0) is 14.0. The molecule has 102 valence electrons. The molecular weight excluding hydrogens is 334 g/mol. The molecule has 1 aromatic carbocycles. The van der Waals surface area contributed by atoms with E-state index in [0.29, 0.717) is 10.9 Å². The lowest BCUT2D eigenvalue weighted by molar-refractivity contribution is 0.0938. The smallest absolute Gasteiger partial charge is 0.255 e. The Labute approximate surface area is 124 Å². The van der Waals surface area contributed by atoms with Crippen molar-refractivity contribution in [1.82, 2.24) is 5.32 Å². The Kier molecular flexibility index (Phi) is 4.50. The second-order valence-electron chi connectivity index (χ2n) is 4.43. The molecule has 0 bridgehead atoms. The number of hydrogen-bond donors (Lipinski definition) is 3. The van der Waals surface area contributed by atoms with E-state index in [2.05, 4.69) is 21.2 Å². The fraction of sp³-hybridized carbons (Fsp3) is 0.308. The van der Waals surface area contributed by atoms with E-state index in [0.717, 1.165) is 0 Å². The Hall–Kier alpha value is -1.04. The van der Waals surface area contributed by atoms with Crippen molar-refractivity contribution in [2.24, 2.45) is 5.92 Å². The van der Waals surface area contributed by atoms with Gasteiger partial charge in [0.05, 0.1) is 10.6 Å². The first-order valence-corrected chi connectivity index (χ1v) is 6.96. The van der Waals surface area contributed by atoms with E-state index >= 15 is 0 Å². The van der Waals surface area contributed by atoms with Crippen LogP contribution >= 0.6 is 27.5 Å². The summed E-state index contributed by atoms with van der Waals surface area (Å²) in [7, 11) is 0. The maximum Gasteiger partial charge on any atom is 0.255 e. The third kappa shape index (κ3) is 3.29. The predicted molar refractivity (Wildman–Crippen MR) is 76.4 cm³/mol. The summed E-state index contributed by atoms with van der Waals surface area (Å²) >= 11 is 9.04. The number of benzene rings is 1. The van der Waals surface area contributed by atoms with E-state index in [-0.39, 0.29) is 34.9 Å². The van der Waals surface area contributed by atoms with Crippen molar-refractivity contribution in [2.45, 2.75) is 12.5 Å². The van der Waals surface area contributed by atoms with Gasteiger partial charge in [0, 0.05) is 23.0 Å². The highest BCUT2D eigenvalue weighted by molar-refractivity contribution is 9.10. The second-order valence-corrected chi connectivity index (χ2v) is 5.75. The van der Waals surface area contributed by atoms with Crippen molar-refractivity contribution >= 4 is 33.4 Å². The molecule has 0 saturated carbocycles. The molecule has 0 radical (unpaired) electrons. The van der Waals surface area contributed by atoms with Crippen LogP contribution in [-0.2, 0) is 0 Å². The molecule has 1 aliphatic rings. The number of nitrogens with one attached hydrogen (secondary N) is 1. The molecule has 4 nitrogen and oxygen atoms in total. The van der Waals surface area contributed by atoms with Crippen molar-refractivity contribution in [3.05, 3.63) is 39.3 Å². The third-order valence-corrected chi connectivity index (χ3v) is 3.74. The van der Waals surface area contributed by atoms with E-state index in [1.807, 2.05) is 12.2 Å². The maximum atomic E-state index is 12.1. The first-order valence-electron chi connectivity index (χ1n) is 5.79. The minimum absolute atomic E-state index is 0.0663. The number of aliphatic hydroxyl groups excluding tert-OH is 1. The highest BCUT2D eigenvalue weighted by atomic mass is 79.9. The number of amides is 1. The summed E-state index contributed by atoms with van der Waals surface area (Å²) < 4.78 is 0.621. The molecular formula is C13H13BrClNO3. The molecule has 2 atom stereocenters. The summed E-state index contributed by atoms with van der Waals surface area (Å²) in [5.41, 5.74) is 0.125. The van der Waals surface area contributed by atoms with Crippen LogP contribution in [0.4, 0.5) is 0 Å². The van der Waals surface area contributed by atoms with Crippen LogP contribution in [0.1, 0.15) is 16.8 Å². The van der Waals surface area contributed by atoms with Crippen molar-refractivity contribution in [3.8, 4) is 5.75 Å². The van der Waals surface area contributed by atoms with Gasteiger partial charge in [-0.2, -0.15) is 0 Å². The van der Waals surface area contributed by atoms with Gasteiger partial charge in [-0.05, 0) is 18.6 Å². The quantitative estimate of drug-likeness (QED) is 0.737. The van der Waals surface area contributed by atoms with Gasteiger partial charge in [-0.3, -0.25) is 4.79 Å². The Bertz CT molecular complexity index is 533. The molecule has 3 N–H and O–H groups in total. The van der Waals surface area contributed by atoms with Crippen LogP contribution in [0, 0.1) is 5.92 Å². The summed E-state index contributed by atoms with van der Waals surface area (Å²) in [6, 6.07) is 2.89. The summed E-state index contributed by atoms with van der Waals surface area (Å²) in [6.07, 6.45) is 4.37. The zero-order valence-electron chi connectivity index (χ0n) is 9.94. The van der Waals surface area contributed by atoms with E-state index < -0.39 is 5.91 Å². The van der Waals surface area contributed by atoms with E-state index in [9.17, 15) is 9.90 Å². The lowest BCUT2D eigenvalue weighted by Gasteiger charge is -2.14. The van der Waals surface area contributed by atoms with E-state index in [1.165, 1.54) is 12.1 Å². The summed E-state index contributed by atoms with van der Waals surface area (Å²) in [5.74, 6) is -0.554. The SMILES string of the molecule is O=C(N[C@@H]1C=C[C@H](CO)C1)c1cc(Br)cc(Cl)c1O. The molecule has 0 aliphatic heterocycles. The van der Waals surface area contributed by atoms with Crippen LogP contribution in [-0.4, -0.2) is 28.8 Å². The number of halogens is 2. The minimum Gasteiger partial charge on any atom is -0.506 e. The number of carbonyl (C=O) groups is 1. The maximum absolute atomic E-state index is 12.1. The van der Waals surface area contributed by atoms with Crippen molar-refractivity contribution in [1.29, 1.82) is 0 Å². The molecule has 0 heterocycles. The van der Waals surface area contributed by atoms with Crippen molar-refractivity contribution in [2.75, 3.05) is 6.61 Å². The third-order valence-electron chi connectivity index (χ3n) is 3.00. The lowest BCUT2D eigenvalue weighted by Crippen LogP contribution is -2.33. The summed E-state index contributed by atoms with van der Waals surface area (Å²) in [4.78, 5) is 12.1. The Morgan fingerprint density at radius 1 is 1.47 bits per heavy atom. The molecule has 6 heteroatoms. The number of phenols is 1. The van der Waals surface area contributed by atoms with E-state index in [1.54, 1.807) is 0 Å². The largest absolute Gasteiger partial charge is 0.506 e. The van der Waals surface area contributed by atoms with Gasteiger partial charge < -0.3 is 15.5 Å². The van der Waals surface area contributed by atoms with Crippen LogP contribution in [0.3, 0.4) is 0 Å². The number of hydrogen-bond acceptors (Lipinski definition) is 3. The van der Waals surface area contributed by atoms with Crippen molar-refractivity contribution in [3.63, 3.8) is 0 Å². The molecule has 0 unspecified atom stereocenters. The number of rotatable bonds is 3. The Morgan fingerprint density at radius 3 is 2.84 bits per heavy atom. The molecule has 0 saturated heterocycles. The predicted octanol–water partition coefficient (Wildman–Crippen LogP) is 2.47. The van der Waals surface area contributed by atoms with E-state index in [4.69, 9.17) is 16.7 Å². The van der Waals surface area contributed by atoms with Crippen molar-refractivity contribution < 1.29 is 15.0 Å². The topological polar surface area (TPSA) is 69.6 Å². The van der Waals surface area contributed by atoms with Gasteiger partial charge in [-0.1, -0.05) is 39.7 Å². The normalized spacial score (nSPS) is 21.6. The van der Waals surface area contributed by atoms with Gasteiger partial charge >= 0.3 is 0 Å². The standard InChI is InChI=1S/C13H13BrClNO3/c14-8-4-10(12(18)11(15)5-8)13(19)16-9-2-1-7(3-9)6-17/h1-2,4-5,7,9,17-18H,3,6H2,(H,16,19)/t7-,9+/m0/s1. The molecule has 19 heavy (non-hydrogen) atoms. The highest BCUT2D eigenvalue weighted by Crippen LogP contribution is 2.31. The average molecular weight is 347 g/mol. The second kappa shape index (κ2) is 5.94. The molecule has 2 rings (SSSR count). The van der Waals surface area contributed by atoms with Crippen LogP contribution in [0.25, 0.3) is 0 Å². The molecule has 1 aromatic rings. The summed E-state index contributed by atoms with van der Waals surface area (Å²) in [5, 5.41) is 21.7. The first-order chi connectivity index (χ1) is 9.01. The molecule has 1 aliphatic carbocycles. The van der Waals surface area contributed by atoms with Crippen LogP contribution < -0.4 is 5.32 Å². The number of aromatic hydroxyl groups is 1. The molecule has 0 fully saturated rings. The Balaban J connectivity index is 2.11. The minimum atomic E-state index is -0.395. The van der Waals surface area contributed by atoms with Gasteiger partial charge in [-0.25, -0.2) is 0 Å². The molecule has 0 spiro atoms. The fourth-order valence-corrected chi connectivity index (χ4v) is 2.81.